The lowest BCUT2D eigenvalue weighted by atomic mass is 9.66. The summed E-state index contributed by atoms with van der Waals surface area (Å²) in [5.74, 6) is 0.924. The first-order valence-corrected chi connectivity index (χ1v) is 4.98. The zero-order valence-electron chi connectivity index (χ0n) is 8.35. The number of aromatic nitrogens is 3. The number of hydrogen-bond donors (Lipinski definition) is 2. The second-order valence-corrected chi connectivity index (χ2v) is 3.95. The topological polar surface area (TPSA) is 77.0 Å². The minimum atomic E-state index is -0.222. The Hall–Kier alpha value is -0.940. The third-order valence-electron chi connectivity index (χ3n) is 3.03. The number of aliphatic hydroxyl groups excluding tert-OH is 1. The molecule has 0 amide bonds. The Morgan fingerprint density at radius 3 is 2.93 bits per heavy atom. The normalized spacial score (nSPS) is 31.5. The molecule has 1 aliphatic rings. The van der Waals surface area contributed by atoms with Crippen LogP contribution in [0.4, 0.5) is 0 Å². The lowest BCUT2D eigenvalue weighted by Crippen LogP contribution is -2.51. The van der Waals surface area contributed by atoms with E-state index in [9.17, 15) is 5.11 Å². The predicted octanol–water partition coefficient (Wildman–Crippen LogP) is -0.351. The van der Waals surface area contributed by atoms with Crippen molar-refractivity contribution >= 4 is 0 Å². The van der Waals surface area contributed by atoms with Crippen LogP contribution in [0.5, 0.6) is 0 Å². The van der Waals surface area contributed by atoms with Crippen molar-refractivity contribution in [3.05, 3.63) is 12.2 Å². The molecule has 1 saturated carbocycles. The average Bonchev–Trinajstić information content (AvgIpc) is 2.60. The van der Waals surface area contributed by atoms with Crippen LogP contribution in [-0.4, -0.2) is 32.5 Å². The number of hydrogen-bond acceptors (Lipinski definition) is 4. The van der Waals surface area contributed by atoms with E-state index in [1.165, 1.54) is 0 Å². The van der Waals surface area contributed by atoms with Gasteiger partial charge in [-0.3, -0.25) is 0 Å². The third-order valence-corrected chi connectivity index (χ3v) is 3.03. The van der Waals surface area contributed by atoms with Gasteiger partial charge < -0.3 is 10.8 Å². The molecular weight excluding hydrogens is 180 g/mol. The molecule has 14 heavy (non-hydrogen) atoms. The van der Waals surface area contributed by atoms with Gasteiger partial charge in [0.1, 0.15) is 12.2 Å². The minimum Gasteiger partial charge on any atom is -0.393 e. The van der Waals surface area contributed by atoms with Crippen LogP contribution in [0, 0.1) is 0 Å². The molecule has 0 unspecified atom stereocenters. The smallest absolute Gasteiger partial charge is 0.138 e. The Bertz CT molecular complexity index is 316. The summed E-state index contributed by atoms with van der Waals surface area (Å²) in [6.45, 7) is 3.35. The Morgan fingerprint density at radius 2 is 2.43 bits per heavy atom. The van der Waals surface area contributed by atoms with Crippen molar-refractivity contribution in [2.45, 2.75) is 37.8 Å². The number of nitrogens with zero attached hydrogens (tertiary/aromatic N) is 3. The van der Waals surface area contributed by atoms with E-state index >= 15 is 0 Å². The quantitative estimate of drug-likeness (QED) is 0.692. The maximum absolute atomic E-state index is 9.36. The van der Waals surface area contributed by atoms with Crippen LogP contribution in [-0.2, 0) is 12.0 Å². The second-order valence-electron chi connectivity index (χ2n) is 3.95. The highest BCUT2D eigenvalue weighted by Gasteiger charge is 2.47. The number of aryl methyl sites for hydroxylation is 1. The van der Waals surface area contributed by atoms with Gasteiger partial charge in [0.25, 0.3) is 0 Å². The second kappa shape index (κ2) is 3.33. The fourth-order valence-electron chi connectivity index (χ4n) is 2.19. The van der Waals surface area contributed by atoms with Gasteiger partial charge in [-0.15, -0.1) is 0 Å². The van der Waals surface area contributed by atoms with E-state index in [-0.39, 0.29) is 11.5 Å². The van der Waals surface area contributed by atoms with Crippen LogP contribution in [0.1, 0.15) is 25.6 Å². The minimum absolute atomic E-state index is 0.133. The van der Waals surface area contributed by atoms with Crippen LogP contribution >= 0.6 is 0 Å². The van der Waals surface area contributed by atoms with Crippen molar-refractivity contribution in [2.24, 2.45) is 5.73 Å². The van der Waals surface area contributed by atoms with Gasteiger partial charge >= 0.3 is 0 Å². The molecule has 3 N–H and O–H groups in total. The van der Waals surface area contributed by atoms with Gasteiger partial charge in [-0.05, 0) is 19.8 Å². The van der Waals surface area contributed by atoms with Crippen molar-refractivity contribution in [3.63, 3.8) is 0 Å². The first-order chi connectivity index (χ1) is 6.72. The van der Waals surface area contributed by atoms with Gasteiger partial charge in [-0.1, -0.05) is 0 Å². The Morgan fingerprint density at radius 1 is 1.71 bits per heavy atom. The molecule has 0 aromatic carbocycles. The molecule has 1 fully saturated rings. The molecule has 0 saturated heterocycles. The molecule has 0 spiro atoms. The Labute approximate surface area is 82.9 Å². The van der Waals surface area contributed by atoms with Crippen LogP contribution in [0.2, 0.25) is 0 Å². The lowest BCUT2D eigenvalue weighted by molar-refractivity contribution is 0.0156. The number of aliphatic hydroxyl groups is 1. The van der Waals surface area contributed by atoms with Crippen molar-refractivity contribution < 1.29 is 5.11 Å². The van der Waals surface area contributed by atoms with Gasteiger partial charge in [0.15, 0.2) is 0 Å². The van der Waals surface area contributed by atoms with E-state index in [1.54, 1.807) is 6.33 Å². The summed E-state index contributed by atoms with van der Waals surface area (Å²) in [6.07, 6.45) is 2.76. The van der Waals surface area contributed by atoms with Crippen molar-refractivity contribution in [3.8, 4) is 0 Å². The Kier molecular flexibility index (Phi) is 2.28. The molecule has 0 bridgehead atoms. The molecule has 5 heteroatoms. The maximum atomic E-state index is 9.36. The molecule has 0 aliphatic heterocycles. The molecule has 0 atom stereocenters. The molecular formula is C9H16N4O. The molecule has 1 heterocycles. The molecule has 1 aromatic heterocycles. The molecule has 0 radical (unpaired) electrons. The average molecular weight is 196 g/mol. The molecule has 2 rings (SSSR count). The molecule has 78 valence electrons. The van der Waals surface area contributed by atoms with Crippen LogP contribution < -0.4 is 5.73 Å². The van der Waals surface area contributed by atoms with E-state index in [0.29, 0.717) is 19.4 Å². The van der Waals surface area contributed by atoms with Gasteiger partial charge in [0.05, 0.1) is 6.10 Å². The van der Waals surface area contributed by atoms with Gasteiger partial charge in [-0.2, -0.15) is 5.10 Å². The molecule has 5 nitrogen and oxygen atoms in total. The van der Waals surface area contributed by atoms with Gasteiger partial charge in [0.2, 0.25) is 0 Å². The maximum Gasteiger partial charge on any atom is 0.138 e. The van der Waals surface area contributed by atoms with E-state index in [0.717, 1.165) is 12.4 Å². The van der Waals surface area contributed by atoms with Crippen LogP contribution in [0.15, 0.2) is 6.33 Å². The highest BCUT2D eigenvalue weighted by molar-refractivity contribution is 5.16. The largest absolute Gasteiger partial charge is 0.393 e. The molecule has 1 aromatic rings. The summed E-state index contributed by atoms with van der Waals surface area (Å²) in [7, 11) is 0. The predicted molar refractivity (Wildman–Crippen MR) is 51.7 cm³/mol. The van der Waals surface area contributed by atoms with Crippen molar-refractivity contribution in [1.29, 1.82) is 0 Å². The highest BCUT2D eigenvalue weighted by atomic mass is 16.3. The summed E-state index contributed by atoms with van der Waals surface area (Å²) < 4.78 is 1.86. The van der Waals surface area contributed by atoms with Crippen molar-refractivity contribution in [1.82, 2.24) is 14.8 Å². The number of rotatable bonds is 3. The fraction of sp³-hybridized carbons (Fsp3) is 0.778. The number of nitrogens with two attached hydrogens (primary N) is 1. The highest BCUT2D eigenvalue weighted by Crippen LogP contribution is 2.41. The first kappa shape index (κ1) is 9.61. The monoisotopic (exact) mass is 196 g/mol. The van der Waals surface area contributed by atoms with Crippen LogP contribution in [0.3, 0.4) is 0 Å². The van der Waals surface area contributed by atoms with Crippen molar-refractivity contribution in [2.75, 3.05) is 6.54 Å². The van der Waals surface area contributed by atoms with Gasteiger partial charge in [-0.25, -0.2) is 9.67 Å². The SMILES string of the molecule is CCn1ncnc1C1(CN)CC(O)C1. The van der Waals surface area contributed by atoms with E-state index in [2.05, 4.69) is 10.1 Å². The lowest BCUT2D eigenvalue weighted by Gasteiger charge is -2.43. The third kappa shape index (κ3) is 1.24. The standard InChI is InChI=1S/C9H16N4O/c1-2-13-8(11-6-12-13)9(5-10)3-7(14)4-9/h6-7,14H,2-5,10H2,1H3. The first-order valence-electron chi connectivity index (χ1n) is 4.98. The van der Waals surface area contributed by atoms with Crippen LogP contribution in [0.25, 0.3) is 0 Å². The summed E-state index contributed by atoms with van der Waals surface area (Å²) >= 11 is 0. The summed E-state index contributed by atoms with van der Waals surface area (Å²) in [5.41, 5.74) is 5.62. The molecule has 1 aliphatic carbocycles. The summed E-state index contributed by atoms with van der Waals surface area (Å²) in [5, 5.41) is 13.5. The summed E-state index contributed by atoms with van der Waals surface area (Å²) in [6, 6.07) is 0. The Balaban J connectivity index is 2.28. The zero-order valence-corrected chi connectivity index (χ0v) is 8.35. The van der Waals surface area contributed by atoms with E-state index in [4.69, 9.17) is 5.73 Å². The zero-order chi connectivity index (χ0) is 10.2. The van der Waals surface area contributed by atoms with Gasteiger partial charge in [0, 0.05) is 18.5 Å². The summed E-state index contributed by atoms with van der Waals surface area (Å²) in [4.78, 5) is 4.25. The van der Waals surface area contributed by atoms with E-state index in [1.807, 2.05) is 11.6 Å². The van der Waals surface area contributed by atoms with E-state index < -0.39 is 0 Å². The fourth-order valence-corrected chi connectivity index (χ4v) is 2.19.